The molecule has 3 aromatic carbocycles. The molecule has 1 amide bonds. The zero-order valence-corrected chi connectivity index (χ0v) is 17.8. The molecule has 0 atom stereocenters. The maximum absolute atomic E-state index is 13.1. The summed E-state index contributed by atoms with van der Waals surface area (Å²) in [4.78, 5) is 14.7. The van der Waals surface area contributed by atoms with Crippen molar-refractivity contribution in [1.82, 2.24) is 4.90 Å². The molecule has 3 aromatic rings. The zero-order valence-electron chi connectivity index (χ0n) is 17.0. The molecule has 1 N–H and O–H groups in total. The van der Waals surface area contributed by atoms with E-state index in [1.165, 1.54) is 30.3 Å². The SMILES string of the molecule is COCCN(Cc1ccccc1)C(=O)c1cccc(S(=O)(=O)Nc2ccc(F)cc2)c1. The third-order valence-corrected chi connectivity index (χ3v) is 5.94. The molecule has 0 aromatic heterocycles. The maximum atomic E-state index is 13.1. The molecule has 0 saturated carbocycles. The van der Waals surface area contributed by atoms with Crippen molar-refractivity contribution in [2.75, 3.05) is 25.0 Å². The first kappa shape index (κ1) is 22.5. The maximum Gasteiger partial charge on any atom is 0.261 e. The van der Waals surface area contributed by atoms with E-state index in [-0.39, 0.29) is 22.1 Å². The molecule has 31 heavy (non-hydrogen) atoms. The van der Waals surface area contributed by atoms with Crippen molar-refractivity contribution in [2.24, 2.45) is 0 Å². The van der Waals surface area contributed by atoms with Gasteiger partial charge in [0.2, 0.25) is 0 Å². The molecular formula is C23H23FN2O4S. The molecule has 0 aliphatic carbocycles. The molecule has 0 unspecified atom stereocenters. The van der Waals surface area contributed by atoms with E-state index < -0.39 is 15.8 Å². The number of hydrogen-bond donors (Lipinski definition) is 1. The van der Waals surface area contributed by atoms with Crippen molar-refractivity contribution in [3.63, 3.8) is 0 Å². The van der Waals surface area contributed by atoms with Crippen molar-refractivity contribution in [1.29, 1.82) is 0 Å². The third kappa shape index (κ3) is 6.13. The van der Waals surface area contributed by atoms with Crippen LogP contribution in [0.25, 0.3) is 0 Å². The van der Waals surface area contributed by atoms with Crippen LogP contribution < -0.4 is 4.72 Å². The summed E-state index contributed by atoms with van der Waals surface area (Å²) in [6.07, 6.45) is 0. The predicted octanol–water partition coefficient (Wildman–Crippen LogP) is 3.92. The number of carbonyl (C=O) groups is 1. The quantitative estimate of drug-likeness (QED) is 0.545. The van der Waals surface area contributed by atoms with Crippen LogP contribution in [0.2, 0.25) is 0 Å². The number of rotatable bonds is 9. The summed E-state index contributed by atoms with van der Waals surface area (Å²) in [5.74, 6) is -0.773. The van der Waals surface area contributed by atoms with Crippen molar-refractivity contribution in [2.45, 2.75) is 11.4 Å². The third-order valence-electron chi connectivity index (χ3n) is 4.56. The fraction of sp³-hybridized carbons (Fsp3) is 0.174. The summed E-state index contributed by atoms with van der Waals surface area (Å²) in [5.41, 5.74) is 1.42. The monoisotopic (exact) mass is 442 g/mol. The van der Waals surface area contributed by atoms with Crippen LogP contribution in [0.4, 0.5) is 10.1 Å². The second-order valence-electron chi connectivity index (χ2n) is 6.85. The number of ether oxygens (including phenoxy) is 1. The van der Waals surface area contributed by atoms with E-state index in [0.29, 0.717) is 19.7 Å². The Morgan fingerprint density at radius 3 is 2.39 bits per heavy atom. The lowest BCUT2D eigenvalue weighted by atomic mass is 10.1. The number of sulfonamides is 1. The largest absolute Gasteiger partial charge is 0.383 e. The standard InChI is InChI=1S/C23H23FN2O4S/c1-30-15-14-26(17-18-6-3-2-4-7-18)23(27)19-8-5-9-22(16-19)31(28,29)25-21-12-10-20(24)11-13-21/h2-13,16,25H,14-15,17H2,1H3. The summed E-state index contributed by atoms with van der Waals surface area (Å²) >= 11 is 0. The number of halogens is 1. The predicted molar refractivity (Wildman–Crippen MR) is 117 cm³/mol. The van der Waals surface area contributed by atoms with Crippen molar-refractivity contribution in [3.05, 3.63) is 95.8 Å². The number of benzene rings is 3. The van der Waals surface area contributed by atoms with Gasteiger partial charge in [0.15, 0.2) is 0 Å². The topological polar surface area (TPSA) is 75.7 Å². The van der Waals surface area contributed by atoms with Gasteiger partial charge in [-0.3, -0.25) is 9.52 Å². The zero-order chi connectivity index (χ0) is 22.3. The number of anilines is 1. The van der Waals surface area contributed by atoms with E-state index in [4.69, 9.17) is 4.74 Å². The molecule has 0 bridgehead atoms. The second kappa shape index (κ2) is 10.2. The Kier molecular flexibility index (Phi) is 7.38. The number of nitrogens with one attached hydrogen (secondary N) is 1. The van der Waals surface area contributed by atoms with Gasteiger partial charge in [-0.1, -0.05) is 36.4 Å². The van der Waals surface area contributed by atoms with E-state index in [9.17, 15) is 17.6 Å². The lowest BCUT2D eigenvalue weighted by molar-refractivity contribution is 0.0680. The molecule has 162 valence electrons. The number of amides is 1. The molecule has 0 heterocycles. The minimum Gasteiger partial charge on any atom is -0.383 e. The smallest absolute Gasteiger partial charge is 0.261 e. The average molecular weight is 443 g/mol. The van der Waals surface area contributed by atoms with Gasteiger partial charge in [-0.2, -0.15) is 0 Å². The first-order valence-corrected chi connectivity index (χ1v) is 11.1. The Morgan fingerprint density at radius 1 is 1.00 bits per heavy atom. The normalized spacial score (nSPS) is 11.2. The molecule has 0 saturated heterocycles. The number of nitrogens with zero attached hydrogens (tertiary/aromatic N) is 1. The summed E-state index contributed by atoms with van der Waals surface area (Å²) in [6.45, 7) is 1.07. The molecule has 0 aliphatic rings. The average Bonchev–Trinajstić information content (AvgIpc) is 2.78. The Hall–Kier alpha value is -3.23. The van der Waals surface area contributed by atoms with Crippen LogP contribution >= 0.6 is 0 Å². The van der Waals surface area contributed by atoms with E-state index in [0.717, 1.165) is 17.7 Å². The second-order valence-corrected chi connectivity index (χ2v) is 8.53. The fourth-order valence-electron chi connectivity index (χ4n) is 2.97. The molecule has 8 heteroatoms. The van der Waals surface area contributed by atoms with Crippen molar-refractivity contribution >= 4 is 21.6 Å². The van der Waals surface area contributed by atoms with Crippen LogP contribution in [0.5, 0.6) is 0 Å². The van der Waals surface area contributed by atoms with Gasteiger partial charge < -0.3 is 9.64 Å². The molecule has 6 nitrogen and oxygen atoms in total. The summed E-state index contributed by atoms with van der Waals surface area (Å²) < 4.78 is 46.1. The van der Waals surface area contributed by atoms with Gasteiger partial charge in [0.05, 0.1) is 11.5 Å². The number of carbonyl (C=O) groups excluding carboxylic acids is 1. The van der Waals surface area contributed by atoms with Crippen LogP contribution in [-0.2, 0) is 21.3 Å². The minimum absolute atomic E-state index is 0.0610. The van der Waals surface area contributed by atoms with Crippen molar-refractivity contribution < 1.29 is 22.3 Å². The van der Waals surface area contributed by atoms with Gasteiger partial charge in [-0.15, -0.1) is 0 Å². The Bertz CT molecular complexity index is 1120. The lowest BCUT2D eigenvalue weighted by Gasteiger charge is -2.23. The van der Waals surface area contributed by atoms with Crippen LogP contribution in [0.1, 0.15) is 15.9 Å². The highest BCUT2D eigenvalue weighted by Gasteiger charge is 2.20. The Balaban J connectivity index is 1.83. The lowest BCUT2D eigenvalue weighted by Crippen LogP contribution is -2.33. The van der Waals surface area contributed by atoms with E-state index in [1.807, 2.05) is 30.3 Å². The van der Waals surface area contributed by atoms with Crippen LogP contribution in [-0.4, -0.2) is 39.5 Å². The summed E-state index contributed by atoms with van der Waals surface area (Å²) in [7, 11) is -2.40. The summed E-state index contributed by atoms with van der Waals surface area (Å²) in [5, 5.41) is 0. The highest BCUT2D eigenvalue weighted by Crippen LogP contribution is 2.19. The van der Waals surface area contributed by atoms with E-state index >= 15 is 0 Å². The van der Waals surface area contributed by atoms with E-state index in [1.54, 1.807) is 18.1 Å². The van der Waals surface area contributed by atoms with Gasteiger partial charge in [0.25, 0.3) is 15.9 Å². The molecule has 0 aliphatic heterocycles. The molecule has 0 radical (unpaired) electrons. The Labute approximate surface area is 181 Å². The molecular weight excluding hydrogens is 419 g/mol. The van der Waals surface area contributed by atoms with E-state index in [2.05, 4.69) is 4.72 Å². The first-order valence-electron chi connectivity index (χ1n) is 9.59. The van der Waals surface area contributed by atoms with Crippen LogP contribution in [0.15, 0.2) is 83.8 Å². The molecule has 0 fully saturated rings. The number of methoxy groups -OCH3 is 1. The van der Waals surface area contributed by atoms with Gasteiger partial charge in [0.1, 0.15) is 5.82 Å². The van der Waals surface area contributed by atoms with Gasteiger partial charge in [-0.25, -0.2) is 12.8 Å². The highest BCUT2D eigenvalue weighted by atomic mass is 32.2. The van der Waals surface area contributed by atoms with Crippen LogP contribution in [0.3, 0.4) is 0 Å². The highest BCUT2D eigenvalue weighted by molar-refractivity contribution is 7.92. The van der Waals surface area contributed by atoms with Crippen LogP contribution in [0, 0.1) is 5.82 Å². The molecule has 3 rings (SSSR count). The summed E-state index contributed by atoms with van der Waals surface area (Å²) in [6, 6.07) is 20.3. The number of hydrogen-bond acceptors (Lipinski definition) is 4. The Morgan fingerprint density at radius 2 is 1.71 bits per heavy atom. The minimum atomic E-state index is -3.95. The molecule has 0 spiro atoms. The van der Waals surface area contributed by atoms with Crippen molar-refractivity contribution in [3.8, 4) is 0 Å². The van der Waals surface area contributed by atoms with Gasteiger partial charge >= 0.3 is 0 Å². The fourth-order valence-corrected chi connectivity index (χ4v) is 4.07. The van der Waals surface area contributed by atoms with Gasteiger partial charge in [0, 0.05) is 31.5 Å². The first-order chi connectivity index (χ1) is 14.9. The van der Waals surface area contributed by atoms with Gasteiger partial charge in [-0.05, 0) is 48.0 Å².